The van der Waals surface area contributed by atoms with Gasteiger partial charge in [-0.2, -0.15) is 0 Å². The maximum atomic E-state index is 6.13. The Bertz CT molecular complexity index is 872. The molecule has 0 aliphatic heterocycles. The molecule has 0 bridgehead atoms. The number of nitrogens with two attached hydrogens (primary N) is 1. The smallest absolute Gasteiger partial charge is 0.103 e. The standard InChI is InChI=1S/C22H18N2/c1-2-16-24-22(20-10-6-7-11-21(20)23)19-14-12-18(13-15-19)17-8-4-3-5-9-17/h1,3-16,22H,23H2. The van der Waals surface area contributed by atoms with E-state index in [4.69, 9.17) is 12.2 Å². The van der Waals surface area contributed by atoms with Crippen LogP contribution in [-0.2, 0) is 0 Å². The van der Waals surface area contributed by atoms with Gasteiger partial charge in [0.1, 0.15) is 6.04 Å². The quantitative estimate of drug-likeness (QED) is 0.422. The SMILES string of the molecule is C#CC=NC(c1ccc(-c2ccccc2)cc1)c1ccccc1N. The van der Waals surface area contributed by atoms with Gasteiger partial charge in [-0.05, 0) is 22.8 Å². The first-order valence-corrected chi connectivity index (χ1v) is 7.77. The van der Waals surface area contributed by atoms with Gasteiger partial charge in [-0.15, -0.1) is 6.42 Å². The van der Waals surface area contributed by atoms with Crippen molar-refractivity contribution in [1.82, 2.24) is 0 Å². The Morgan fingerprint density at radius 3 is 2.12 bits per heavy atom. The molecule has 2 heteroatoms. The van der Waals surface area contributed by atoms with E-state index >= 15 is 0 Å². The van der Waals surface area contributed by atoms with Gasteiger partial charge < -0.3 is 5.73 Å². The van der Waals surface area contributed by atoms with Crippen molar-refractivity contribution in [1.29, 1.82) is 0 Å². The molecule has 0 radical (unpaired) electrons. The monoisotopic (exact) mass is 310 g/mol. The van der Waals surface area contributed by atoms with E-state index in [1.807, 2.05) is 42.5 Å². The maximum Gasteiger partial charge on any atom is 0.103 e. The highest BCUT2D eigenvalue weighted by Crippen LogP contribution is 2.31. The van der Waals surface area contributed by atoms with Gasteiger partial charge in [0, 0.05) is 11.3 Å². The molecule has 0 aliphatic rings. The molecule has 24 heavy (non-hydrogen) atoms. The second-order valence-electron chi connectivity index (χ2n) is 5.46. The van der Waals surface area contributed by atoms with Gasteiger partial charge in [-0.1, -0.05) is 78.7 Å². The number of para-hydroxylation sites is 1. The summed E-state index contributed by atoms with van der Waals surface area (Å²) < 4.78 is 0. The fourth-order valence-electron chi connectivity index (χ4n) is 2.71. The fraction of sp³-hybridized carbons (Fsp3) is 0.0455. The minimum atomic E-state index is -0.202. The molecule has 3 rings (SSSR count). The lowest BCUT2D eigenvalue weighted by atomic mass is 9.95. The summed E-state index contributed by atoms with van der Waals surface area (Å²) in [5, 5.41) is 0. The van der Waals surface area contributed by atoms with Crippen LogP contribution < -0.4 is 5.73 Å². The molecular formula is C22H18N2. The number of hydrogen-bond acceptors (Lipinski definition) is 2. The van der Waals surface area contributed by atoms with E-state index in [2.05, 4.69) is 47.3 Å². The van der Waals surface area contributed by atoms with Crippen molar-refractivity contribution in [2.75, 3.05) is 5.73 Å². The Labute approximate surface area is 142 Å². The number of benzene rings is 3. The highest BCUT2D eigenvalue weighted by molar-refractivity contribution is 5.78. The molecule has 0 saturated heterocycles. The maximum absolute atomic E-state index is 6.13. The Morgan fingerprint density at radius 2 is 1.46 bits per heavy atom. The zero-order chi connectivity index (χ0) is 16.8. The van der Waals surface area contributed by atoms with Crippen LogP contribution in [0, 0.1) is 12.3 Å². The van der Waals surface area contributed by atoms with Crippen molar-refractivity contribution in [2.45, 2.75) is 6.04 Å². The van der Waals surface area contributed by atoms with Crippen LogP contribution in [0.3, 0.4) is 0 Å². The minimum absolute atomic E-state index is 0.202. The first-order valence-electron chi connectivity index (χ1n) is 7.77. The highest BCUT2D eigenvalue weighted by Gasteiger charge is 2.14. The largest absolute Gasteiger partial charge is 0.398 e. The minimum Gasteiger partial charge on any atom is -0.398 e. The topological polar surface area (TPSA) is 38.4 Å². The molecular weight excluding hydrogens is 292 g/mol. The summed E-state index contributed by atoms with van der Waals surface area (Å²) >= 11 is 0. The Hall–Kier alpha value is -3.31. The van der Waals surface area contributed by atoms with E-state index in [0.29, 0.717) is 5.69 Å². The number of terminal acetylenes is 1. The molecule has 0 heterocycles. The van der Waals surface area contributed by atoms with Crippen molar-refractivity contribution in [2.24, 2.45) is 4.99 Å². The van der Waals surface area contributed by atoms with Crippen LogP contribution in [0.15, 0.2) is 83.9 Å². The molecule has 0 amide bonds. The van der Waals surface area contributed by atoms with Crippen molar-refractivity contribution < 1.29 is 0 Å². The summed E-state index contributed by atoms with van der Waals surface area (Å²) in [6, 6.07) is 26.2. The van der Waals surface area contributed by atoms with E-state index < -0.39 is 0 Å². The van der Waals surface area contributed by atoms with Crippen LogP contribution in [-0.4, -0.2) is 6.21 Å². The average Bonchev–Trinajstić information content (AvgIpc) is 2.64. The van der Waals surface area contributed by atoms with Gasteiger partial charge in [0.25, 0.3) is 0 Å². The third kappa shape index (κ3) is 3.37. The second-order valence-corrected chi connectivity index (χ2v) is 5.46. The number of nitrogens with zero attached hydrogens (tertiary/aromatic N) is 1. The molecule has 1 atom stereocenters. The van der Waals surface area contributed by atoms with Gasteiger partial charge in [-0.3, -0.25) is 4.99 Å². The molecule has 0 spiro atoms. The van der Waals surface area contributed by atoms with Crippen LogP contribution in [0.1, 0.15) is 17.2 Å². The van der Waals surface area contributed by atoms with E-state index in [1.165, 1.54) is 17.3 Å². The fourth-order valence-corrected chi connectivity index (χ4v) is 2.71. The number of rotatable bonds is 4. The summed E-state index contributed by atoms with van der Waals surface area (Å²) in [5.41, 5.74) is 11.2. The second kappa shape index (κ2) is 7.30. The van der Waals surface area contributed by atoms with Crippen molar-refractivity contribution >= 4 is 11.9 Å². The van der Waals surface area contributed by atoms with Crippen LogP contribution in [0.4, 0.5) is 5.69 Å². The lowest BCUT2D eigenvalue weighted by molar-refractivity contribution is 0.883. The zero-order valence-corrected chi connectivity index (χ0v) is 13.3. The Morgan fingerprint density at radius 1 is 0.833 bits per heavy atom. The molecule has 0 fully saturated rings. The van der Waals surface area contributed by atoms with Crippen LogP contribution in [0.2, 0.25) is 0 Å². The summed E-state index contributed by atoms with van der Waals surface area (Å²) in [6.45, 7) is 0. The summed E-state index contributed by atoms with van der Waals surface area (Å²) in [4.78, 5) is 4.50. The van der Waals surface area contributed by atoms with Crippen molar-refractivity contribution in [3.8, 4) is 23.5 Å². The number of hydrogen-bond donors (Lipinski definition) is 1. The summed E-state index contributed by atoms with van der Waals surface area (Å²) in [6.07, 6.45) is 6.83. The van der Waals surface area contributed by atoms with Gasteiger partial charge >= 0.3 is 0 Å². The Kier molecular flexibility index (Phi) is 4.74. The van der Waals surface area contributed by atoms with Crippen molar-refractivity contribution in [3.05, 3.63) is 90.0 Å². The zero-order valence-electron chi connectivity index (χ0n) is 13.3. The molecule has 0 aliphatic carbocycles. The number of nitrogen functional groups attached to an aromatic ring is 1. The summed E-state index contributed by atoms with van der Waals surface area (Å²) in [5.74, 6) is 2.46. The molecule has 2 N–H and O–H groups in total. The normalized spacial score (nSPS) is 12.0. The molecule has 1 unspecified atom stereocenters. The average molecular weight is 310 g/mol. The first-order chi connectivity index (χ1) is 11.8. The van der Waals surface area contributed by atoms with Gasteiger partial charge in [0.05, 0.1) is 6.21 Å². The third-order valence-corrected chi connectivity index (χ3v) is 3.92. The van der Waals surface area contributed by atoms with E-state index in [1.54, 1.807) is 0 Å². The van der Waals surface area contributed by atoms with Crippen LogP contribution in [0.25, 0.3) is 11.1 Å². The lowest BCUT2D eigenvalue weighted by Crippen LogP contribution is -2.02. The molecule has 116 valence electrons. The van der Waals surface area contributed by atoms with E-state index in [-0.39, 0.29) is 6.04 Å². The van der Waals surface area contributed by atoms with Gasteiger partial charge in [-0.25, -0.2) is 0 Å². The third-order valence-electron chi connectivity index (χ3n) is 3.92. The predicted octanol–water partition coefficient (Wildman–Crippen LogP) is 4.73. The van der Waals surface area contributed by atoms with E-state index in [0.717, 1.165) is 11.1 Å². The molecule has 3 aromatic carbocycles. The molecule has 2 nitrogen and oxygen atoms in total. The van der Waals surface area contributed by atoms with E-state index in [9.17, 15) is 0 Å². The van der Waals surface area contributed by atoms with Crippen LogP contribution in [0.5, 0.6) is 0 Å². The Balaban J connectivity index is 1.99. The predicted molar refractivity (Wildman–Crippen MR) is 102 cm³/mol. The van der Waals surface area contributed by atoms with Gasteiger partial charge in [0.15, 0.2) is 0 Å². The van der Waals surface area contributed by atoms with Crippen molar-refractivity contribution in [3.63, 3.8) is 0 Å². The van der Waals surface area contributed by atoms with Gasteiger partial charge in [0.2, 0.25) is 0 Å². The number of anilines is 1. The molecule has 0 saturated carbocycles. The highest BCUT2D eigenvalue weighted by atomic mass is 14.8. The first kappa shape index (κ1) is 15.6. The molecule has 0 aromatic heterocycles. The number of aliphatic imine (C=N–C) groups is 1. The lowest BCUT2D eigenvalue weighted by Gasteiger charge is -2.16. The summed E-state index contributed by atoms with van der Waals surface area (Å²) in [7, 11) is 0. The van der Waals surface area contributed by atoms with Crippen LogP contribution >= 0.6 is 0 Å². The molecule has 3 aromatic rings.